The van der Waals surface area contributed by atoms with Gasteiger partial charge in [-0.15, -0.1) is 0 Å². The molecule has 6 amide bonds. The molecule has 0 unspecified atom stereocenters. The Morgan fingerprint density at radius 3 is 1.08 bits per heavy atom. The van der Waals surface area contributed by atoms with Gasteiger partial charge in [-0.25, -0.2) is 0 Å². The van der Waals surface area contributed by atoms with Crippen LogP contribution in [0.2, 0.25) is 0 Å². The van der Waals surface area contributed by atoms with E-state index >= 15 is 0 Å². The zero-order valence-corrected chi connectivity index (χ0v) is 41.4. The first-order valence-electron chi connectivity index (χ1n) is 23.1. The van der Waals surface area contributed by atoms with Crippen molar-refractivity contribution in [1.82, 2.24) is 35.1 Å². The summed E-state index contributed by atoms with van der Waals surface area (Å²) in [6.45, 7) is 15.2. The first-order valence-corrected chi connectivity index (χ1v) is 23.1. The molecule has 13 heteroatoms. The highest BCUT2D eigenvalue weighted by molar-refractivity contribution is 5.97. The summed E-state index contributed by atoms with van der Waals surface area (Å²) < 4.78 is 0. The van der Waals surface area contributed by atoms with Crippen molar-refractivity contribution in [1.29, 1.82) is 0 Å². The molecule has 13 nitrogen and oxygen atoms in total. The van der Waals surface area contributed by atoms with E-state index in [0.29, 0.717) is 19.4 Å². The predicted octanol–water partition coefficient (Wildman–Crippen LogP) is 5.18. The summed E-state index contributed by atoms with van der Waals surface area (Å²) in [6, 6.07) is 23.7. The number of nitrogens with one attached hydrogen (secondary N) is 2. The first-order chi connectivity index (χ1) is 30.7. The second-order valence-electron chi connectivity index (χ2n) is 18.8. The van der Waals surface area contributed by atoms with Crippen LogP contribution in [-0.4, -0.2) is 145 Å². The van der Waals surface area contributed by atoms with Gasteiger partial charge in [0.25, 0.3) is 0 Å². The molecule has 0 spiro atoms. The SMILES string of the molecule is CN[C@@H](Cc1ccccc1)C(=O)N(C)[C@H](C(=O)N(C)[C@H](C(=O)N(C)[C@H](C(=O)N(C)[C@H](C(=O)N(C)[C@@H](Cc1ccccc1)C(=O)NCCc1ccccc1)C(C)C)C(C)C)C(C)C)C(C)C. The number of hydrogen-bond acceptors (Lipinski definition) is 7. The van der Waals surface area contributed by atoms with E-state index in [1.54, 1.807) is 42.3 Å². The van der Waals surface area contributed by atoms with Crippen molar-refractivity contribution >= 4 is 35.4 Å². The van der Waals surface area contributed by atoms with Crippen LogP contribution in [0, 0.1) is 23.7 Å². The van der Waals surface area contributed by atoms with Crippen molar-refractivity contribution in [3.05, 3.63) is 108 Å². The van der Waals surface area contributed by atoms with Gasteiger partial charge in [-0.3, -0.25) is 28.8 Å². The quantitative estimate of drug-likeness (QED) is 0.134. The molecule has 2 N–H and O–H groups in total. The summed E-state index contributed by atoms with van der Waals surface area (Å²) in [4.78, 5) is 93.9. The second-order valence-corrected chi connectivity index (χ2v) is 18.8. The minimum atomic E-state index is -1.00. The average Bonchev–Trinajstić information content (AvgIpc) is 3.27. The topological polar surface area (TPSA) is 143 Å². The van der Waals surface area contributed by atoms with Crippen molar-refractivity contribution < 1.29 is 28.8 Å². The largest absolute Gasteiger partial charge is 0.354 e. The summed E-state index contributed by atoms with van der Waals surface area (Å²) in [5, 5.41) is 6.15. The van der Waals surface area contributed by atoms with Crippen LogP contribution < -0.4 is 10.6 Å². The lowest BCUT2D eigenvalue weighted by Gasteiger charge is -2.42. The number of likely N-dealkylation sites (N-methyl/N-ethyl adjacent to an activating group) is 6. The normalized spacial score (nSPS) is 14.2. The number of benzene rings is 3. The van der Waals surface area contributed by atoms with Crippen LogP contribution >= 0.6 is 0 Å². The van der Waals surface area contributed by atoms with Crippen molar-refractivity contribution in [3.8, 4) is 0 Å². The Labute approximate surface area is 389 Å². The van der Waals surface area contributed by atoms with Crippen LogP contribution in [0.5, 0.6) is 0 Å². The number of carbonyl (C=O) groups excluding carboxylic acids is 6. The van der Waals surface area contributed by atoms with Gasteiger partial charge in [0.1, 0.15) is 30.2 Å². The van der Waals surface area contributed by atoms with E-state index in [9.17, 15) is 28.8 Å². The third-order valence-electron chi connectivity index (χ3n) is 12.5. The first kappa shape index (κ1) is 53.8. The number of nitrogens with zero attached hydrogens (tertiary/aromatic N) is 5. The molecule has 3 aromatic carbocycles. The van der Waals surface area contributed by atoms with E-state index < -0.39 is 59.9 Å². The molecule has 65 heavy (non-hydrogen) atoms. The van der Waals surface area contributed by atoms with Gasteiger partial charge in [-0.2, -0.15) is 0 Å². The average molecular weight is 896 g/mol. The van der Waals surface area contributed by atoms with Gasteiger partial charge in [-0.05, 0) is 60.3 Å². The maximum absolute atomic E-state index is 14.8. The maximum Gasteiger partial charge on any atom is 0.246 e. The molecule has 3 rings (SSSR count). The smallest absolute Gasteiger partial charge is 0.246 e. The van der Waals surface area contributed by atoms with Gasteiger partial charge >= 0.3 is 0 Å². The lowest BCUT2D eigenvalue weighted by atomic mass is 9.93. The van der Waals surface area contributed by atoms with E-state index in [4.69, 9.17) is 0 Å². The van der Waals surface area contributed by atoms with Crippen molar-refractivity contribution in [3.63, 3.8) is 0 Å². The molecule has 0 aliphatic rings. The molecule has 0 aliphatic heterocycles. The summed E-state index contributed by atoms with van der Waals surface area (Å²) in [5.41, 5.74) is 2.94. The molecule has 6 atom stereocenters. The van der Waals surface area contributed by atoms with E-state index in [1.165, 1.54) is 24.5 Å². The van der Waals surface area contributed by atoms with Gasteiger partial charge in [0.15, 0.2) is 0 Å². The Hall–Kier alpha value is -5.56. The van der Waals surface area contributed by atoms with Crippen LogP contribution in [0.4, 0.5) is 0 Å². The van der Waals surface area contributed by atoms with Crippen LogP contribution in [0.1, 0.15) is 72.1 Å². The summed E-state index contributed by atoms with van der Waals surface area (Å²) >= 11 is 0. The predicted molar refractivity (Wildman–Crippen MR) is 258 cm³/mol. The van der Waals surface area contributed by atoms with Gasteiger partial charge in [0, 0.05) is 48.2 Å². The Kier molecular flexibility index (Phi) is 20.9. The van der Waals surface area contributed by atoms with Gasteiger partial charge in [0.2, 0.25) is 35.4 Å². The van der Waals surface area contributed by atoms with Crippen molar-refractivity contribution in [2.45, 2.75) is 111 Å². The fourth-order valence-corrected chi connectivity index (χ4v) is 8.87. The molecule has 0 aromatic heterocycles. The summed E-state index contributed by atoms with van der Waals surface area (Å²) in [5.74, 6) is -3.62. The van der Waals surface area contributed by atoms with Crippen LogP contribution in [0.3, 0.4) is 0 Å². The number of amides is 6. The van der Waals surface area contributed by atoms with E-state index in [-0.39, 0.29) is 41.9 Å². The molecule has 0 aliphatic carbocycles. The Bertz CT molecular complexity index is 1990. The zero-order chi connectivity index (χ0) is 48.7. The van der Waals surface area contributed by atoms with Gasteiger partial charge in [-0.1, -0.05) is 146 Å². The molecule has 0 heterocycles. The van der Waals surface area contributed by atoms with Gasteiger partial charge < -0.3 is 35.1 Å². The molecule has 356 valence electrons. The highest BCUT2D eigenvalue weighted by atomic mass is 16.2. The monoisotopic (exact) mass is 896 g/mol. The van der Waals surface area contributed by atoms with Crippen LogP contribution in [-0.2, 0) is 48.0 Å². The molecule has 3 aromatic rings. The highest BCUT2D eigenvalue weighted by Crippen LogP contribution is 2.25. The van der Waals surface area contributed by atoms with Gasteiger partial charge in [0.05, 0.1) is 6.04 Å². The number of hydrogen-bond donors (Lipinski definition) is 2. The maximum atomic E-state index is 14.8. The van der Waals surface area contributed by atoms with E-state index in [1.807, 2.05) is 146 Å². The molecular formula is C52H77N7O6. The molecule has 0 saturated carbocycles. The second kappa shape index (κ2) is 25.2. The Morgan fingerprint density at radius 1 is 0.431 bits per heavy atom. The molecule has 0 fully saturated rings. The summed E-state index contributed by atoms with van der Waals surface area (Å²) in [7, 11) is 9.67. The lowest BCUT2D eigenvalue weighted by molar-refractivity contribution is -0.158. The van der Waals surface area contributed by atoms with Crippen LogP contribution in [0.25, 0.3) is 0 Å². The molecule has 0 radical (unpaired) electrons. The third-order valence-corrected chi connectivity index (χ3v) is 12.5. The van der Waals surface area contributed by atoms with Crippen LogP contribution in [0.15, 0.2) is 91.0 Å². The van der Waals surface area contributed by atoms with Crippen molar-refractivity contribution in [2.24, 2.45) is 23.7 Å². The zero-order valence-electron chi connectivity index (χ0n) is 41.4. The Balaban J connectivity index is 1.88. The minimum Gasteiger partial charge on any atom is -0.354 e. The summed E-state index contributed by atoms with van der Waals surface area (Å²) in [6.07, 6.45) is 1.33. The molecule has 0 saturated heterocycles. The number of rotatable bonds is 23. The lowest BCUT2D eigenvalue weighted by Crippen LogP contribution is -2.63. The molecular weight excluding hydrogens is 819 g/mol. The fraction of sp³-hybridized carbons (Fsp3) is 0.538. The highest BCUT2D eigenvalue weighted by Gasteiger charge is 2.44. The van der Waals surface area contributed by atoms with E-state index in [2.05, 4.69) is 10.6 Å². The third kappa shape index (κ3) is 14.2. The van der Waals surface area contributed by atoms with Crippen molar-refractivity contribution in [2.75, 3.05) is 48.8 Å². The Morgan fingerprint density at radius 2 is 0.738 bits per heavy atom. The minimum absolute atomic E-state index is 0.246. The van der Waals surface area contributed by atoms with E-state index in [0.717, 1.165) is 16.7 Å². The molecule has 0 bridgehead atoms. The number of carbonyl (C=O) groups is 6. The standard InChI is InChI=1S/C52H77N7O6/c1-34(2)43(49(62)55(10)42(33-40-28-22-17-23-29-40)47(60)54-31-30-38-24-18-15-19-25-38)57(12)51(64)45(36(5)6)59(14)52(65)46(37(7)8)58(13)50(63)44(35(3)4)56(11)48(61)41(53-9)32-39-26-20-16-21-27-39/h15-29,34-37,41-46,53H,30-33H2,1-14H3,(H,54,60)/t41-,42-,43-,44-,45-,46-/m0/s1. The fourth-order valence-electron chi connectivity index (χ4n) is 8.87.